The number of nitrogens with zero attached hydrogens (tertiary/aromatic N) is 2. The lowest BCUT2D eigenvalue weighted by atomic mass is 10.1. The zero-order valence-corrected chi connectivity index (χ0v) is 15.8. The zero-order valence-electron chi connectivity index (χ0n) is 15.8. The Morgan fingerprint density at radius 2 is 1.59 bits per heavy atom. The molecule has 1 unspecified atom stereocenters. The number of anilines is 1. The summed E-state index contributed by atoms with van der Waals surface area (Å²) < 4.78 is 0. The molecule has 0 aliphatic rings. The molecular weight excluding hydrogens is 342 g/mol. The van der Waals surface area contributed by atoms with Gasteiger partial charge in [-0.3, -0.25) is 10.1 Å². The van der Waals surface area contributed by atoms with Gasteiger partial charge in [0.15, 0.2) is 0 Å². The van der Waals surface area contributed by atoms with Crippen LogP contribution >= 0.6 is 0 Å². The first kappa shape index (κ1) is 20.1. The highest BCUT2D eigenvalue weighted by atomic mass is 16.2. The second kappa shape index (κ2) is 10.1. The fourth-order valence-electron chi connectivity index (χ4n) is 2.37. The van der Waals surface area contributed by atoms with Crippen LogP contribution in [0.25, 0.3) is 0 Å². The van der Waals surface area contributed by atoms with E-state index in [0.717, 1.165) is 5.56 Å². The molecule has 0 bridgehead atoms. The van der Waals surface area contributed by atoms with Crippen LogP contribution in [0.4, 0.5) is 10.5 Å². The number of amides is 3. The summed E-state index contributed by atoms with van der Waals surface area (Å²) in [6.45, 7) is 2.21. The fourth-order valence-corrected chi connectivity index (χ4v) is 2.37. The number of nitrogens with one attached hydrogen (secondary N) is 3. The van der Waals surface area contributed by atoms with E-state index in [1.807, 2.05) is 48.5 Å². The van der Waals surface area contributed by atoms with Crippen LogP contribution in [0.2, 0.25) is 0 Å². The maximum absolute atomic E-state index is 12.5. The van der Waals surface area contributed by atoms with Crippen molar-refractivity contribution < 1.29 is 9.59 Å². The van der Waals surface area contributed by atoms with Gasteiger partial charge >= 0.3 is 6.03 Å². The zero-order chi connectivity index (χ0) is 19.6. The second-order valence-corrected chi connectivity index (χ2v) is 6.22. The normalized spacial score (nSPS) is 12.2. The third-order valence-corrected chi connectivity index (χ3v) is 3.82. The molecule has 7 nitrogen and oxygen atoms in total. The Morgan fingerprint density at radius 3 is 2.19 bits per heavy atom. The van der Waals surface area contributed by atoms with Gasteiger partial charge in [-0.15, -0.1) is 0 Å². The number of likely N-dealkylation sites (N-methyl/N-ethyl adjacent to an activating group) is 1. The molecule has 2 aromatic rings. The smallest absolute Gasteiger partial charge is 0.339 e. The molecule has 0 saturated heterocycles. The maximum atomic E-state index is 12.5. The van der Waals surface area contributed by atoms with E-state index in [9.17, 15) is 9.59 Å². The average molecular weight is 367 g/mol. The van der Waals surface area contributed by atoms with Gasteiger partial charge in [0, 0.05) is 26.3 Å². The highest BCUT2D eigenvalue weighted by molar-refractivity contribution is 6.07. The first-order chi connectivity index (χ1) is 13.0. The Balaban J connectivity index is 2.01. The van der Waals surface area contributed by atoms with E-state index in [0.29, 0.717) is 17.9 Å². The van der Waals surface area contributed by atoms with E-state index in [2.05, 4.69) is 21.2 Å². The van der Waals surface area contributed by atoms with Crippen LogP contribution in [0, 0.1) is 0 Å². The molecule has 0 spiro atoms. The summed E-state index contributed by atoms with van der Waals surface area (Å²) in [5.74, 6) is -0.141. The van der Waals surface area contributed by atoms with Crippen molar-refractivity contribution in [3.63, 3.8) is 0 Å². The molecule has 3 N–H and O–H groups in total. The number of carbonyl (C=O) groups excluding carboxylic acids is 2. The first-order valence-electron chi connectivity index (χ1n) is 8.62. The minimum absolute atomic E-state index is 0.141. The van der Waals surface area contributed by atoms with Gasteiger partial charge in [-0.05, 0) is 24.6 Å². The molecule has 0 aliphatic carbocycles. The highest BCUT2D eigenvalue weighted by Gasteiger charge is 2.23. The molecular formula is C20H25N5O2. The number of carbonyl (C=O) groups is 2. The van der Waals surface area contributed by atoms with Crippen LogP contribution in [0.1, 0.15) is 12.5 Å². The molecule has 142 valence electrons. The third-order valence-electron chi connectivity index (χ3n) is 3.82. The number of hydrogen-bond donors (Lipinski definition) is 3. The molecule has 3 amide bonds. The molecule has 2 rings (SSSR count). The molecule has 0 heterocycles. The highest BCUT2D eigenvalue weighted by Crippen LogP contribution is 2.04. The summed E-state index contributed by atoms with van der Waals surface area (Å²) in [4.78, 5) is 26.0. The molecule has 0 saturated carbocycles. The van der Waals surface area contributed by atoms with Gasteiger partial charge < -0.3 is 10.2 Å². The monoisotopic (exact) mass is 367 g/mol. The van der Waals surface area contributed by atoms with Crippen molar-refractivity contribution in [1.29, 1.82) is 0 Å². The quantitative estimate of drug-likeness (QED) is 0.519. The van der Waals surface area contributed by atoms with Gasteiger partial charge in [0.05, 0.1) is 5.71 Å². The molecule has 0 fully saturated rings. The van der Waals surface area contributed by atoms with Crippen molar-refractivity contribution in [2.45, 2.75) is 19.5 Å². The Kier molecular flexibility index (Phi) is 7.51. The standard InChI is InChI=1S/C20H25N5O2/c1-15(23-24-20(27)22-17-12-8-5-9-13-17)18(19(26)25(2)3)21-14-16-10-6-4-7-11-16/h4-13,18,21H,14H2,1-3H3,(H2,22,24,27)/b23-15+. The van der Waals surface area contributed by atoms with Crippen LogP contribution in [0.15, 0.2) is 65.8 Å². The van der Waals surface area contributed by atoms with Crippen molar-refractivity contribution >= 4 is 23.3 Å². The largest absolute Gasteiger partial charge is 0.347 e. The van der Waals surface area contributed by atoms with Crippen LogP contribution in [0.5, 0.6) is 0 Å². The van der Waals surface area contributed by atoms with Crippen LogP contribution in [-0.2, 0) is 11.3 Å². The van der Waals surface area contributed by atoms with Crippen molar-refractivity contribution in [3.05, 3.63) is 66.2 Å². The lowest BCUT2D eigenvalue weighted by Crippen LogP contribution is -2.48. The number of rotatable bonds is 7. The summed E-state index contributed by atoms with van der Waals surface area (Å²) in [5.41, 5.74) is 4.61. The Labute approximate surface area is 159 Å². The van der Waals surface area contributed by atoms with Crippen LogP contribution in [0.3, 0.4) is 0 Å². The SMILES string of the molecule is C/C(=N\NC(=O)Nc1ccccc1)C(NCc1ccccc1)C(=O)N(C)C. The summed E-state index contributed by atoms with van der Waals surface area (Å²) in [6.07, 6.45) is 0. The predicted octanol–water partition coefficient (Wildman–Crippen LogP) is 2.43. The van der Waals surface area contributed by atoms with Gasteiger partial charge in [0.2, 0.25) is 5.91 Å². The van der Waals surface area contributed by atoms with Crippen LogP contribution in [-0.4, -0.2) is 42.7 Å². The van der Waals surface area contributed by atoms with Gasteiger partial charge in [0.1, 0.15) is 6.04 Å². The number of para-hydroxylation sites is 1. The Hall–Kier alpha value is -3.19. The van der Waals surface area contributed by atoms with Gasteiger partial charge in [0.25, 0.3) is 0 Å². The summed E-state index contributed by atoms with van der Waals surface area (Å²) in [5, 5.41) is 9.95. The minimum Gasteiger partial charge on any atom is -0.347 e. The topological polar surface area (TPSA) is 85.8 Å². The summed E-state index contributed by atoms with van der Waals surface area (Å²) in [6, 6.07) is 17.7. The molecule has 0 aromatic heterocycles. The molecule has 1 atom stereocenters. The van der Waals surface area contributed by atoms with Gasteiger partial charge in [-0.25, -0.2) is 10.2 Å². The molecule has 0 radical (unpaired) electrons. The van der Waals surface area contributed by atoms with E-state index in [-0.39, 0.29) is 5.91 Å². The number of hydrazone groups is 1. The summed E-state index contributed by atoms with van der Waals surface area (Å²) >= 11 is 0. The van der Waals surface area contributed by atoms with Gasteiger partial charge in [-0.2, -0.15) is 5.10 Å². The van der Waals surface area contributed by atoms with E-state index < -0.39 is 12.1 Å². The van der Waals surface area contributed by atoms with E-state index in [1.54, 1.807) is 33.2 Å². The number of benzene rings is 2. The van der Waals surface area contributed by atoms with E-state index in [4.69, 9.17) is 0 Å². The van der Waals surface area contributed by atoms with Crippen molar-refractivity contribution in [2.24, 2.45) is 5.10 Å². The molecule has 0 aliphatic heterocycles. The lowest BCUT2D eigenvalue weighted by Gasteiger charge is -2.21. The van der Waals surface area contributed by atoms with E-state index in [1.165, 1.54) is 4.90 Å². The Bertz CT molecular complexity index is 775. The fraction of sp³-hybridized carbons (Fsp3) is 0.250. The van der Waals surface area contributed by atoms with Crippen molar-refractivity contribution in [2.75, 3.05) is 19.4 Å². The third kappa shape index (κ3) is 6.56. The van der Waals surface area contributed by atoms with Crippen molar-refractivity contribution in [3.8, 4) is 0 Å². The van der Waals surface area contributed by atoms with Gasteiger partial charge in [-0.1, -0.05) is 48.5 Å². The molecule has 7 heteroatoms. The number of urea groups is 1. The molecule has 2 aromatic carbocycles. The first-order valence-corrected chi connectivity index (χ1v) is 8.62. The number of hydrogen-bond acceptors (Lipinski definition) is 4. The second-order valence-electron chi connectivity index (χ2n) is 6.22. The maximum Gasteiger partial charge on any atom is 0.339 e. The van der Waals surface area contributed by atoms with Crippen molar-refractivity contribution in [1.82, 2.24) is 15.6 Å². The van der Waals surface area contributed by atoms with Crippen LogP contribution < -0.4 is 16.1 Å². The predicted molar refractivity (Wildman–Crippen MR) is 107 cm³/mol. The minimum atomic E-state index is -0.641. The lowest BCUT2D eigenvalue weighted by molar-refractivity contribution is -0.129. The summed E-state index contributed by atoms with van der Waals surface area (Å²) in [7, 11) is 3.37. The Morgan fingerprint density at radius 1 is 1.00 bits per heavy atom. The van der Waals surface area contributed by atoms with E-state index >= 15 is 0 Å². The average Bonchev–Trinajstić information content (AvgIpc) is 2.68. The molecule has 27 heavy (non-hydrogen) atoms.